The molecule has 114 valence electrons. The number of rotatable bonds is 7. The van der Waals surface area contributed by atoms with E-state index in [-0.39, 0.29) is 5.75 Å². The summed E-state index contributed by atoms with van der Waals surface area (Å²) in [6, 6.07) is 6.82. The van der Waals surface area contributed by atoms with E-state index < -0.39 is 15.4 Å². The third kappa shape index (κ3) is 4.80. The number of anilines is 1. The molecule has 0 amide bonds. The van der Waals surface area contributed by atoms with Gasteiger partial charge in [0.05, 0.1) is 21.9 Å². The molecule has 0 radical (unpaired) electrons. The topological polar surface area (TPSA) is 66.4 Å². The van der Waals surface area contributed by atoms with Crippen LogP contribution in [0.15, 0.2) is 29.2 Å². The Morgan fingerprint density at radius 1 is 1.30 bits per heavy atom. The first-order chi connectivity index (χ1) is 9.18. The van der Waals surface area contributed by atoms with Gasteiger partial charge < -0.3 is 10.4 Å². The fraction of sp³-hybridized carbons (Fsp3) is 0.600. The minimum absolute atomic E-state index is 0.0636. The molecule has 20 heavy (non-hydrogen) atoms. The quantitative estimate of drug-likeness (QED) is 0.812. The maximum Gasteiger partial charge on any atom is 0.180 e. The molecule has 1 aromatic carbocycles. The van der Waals surface area contributed by atoms with Gasteiger partial charge in [-0.05, 0) is 31.4 Å². The predicted molar refractivity (Wildman–Crippen MR) is 82.7 cm³/mol. The van der Waals surface area contributed by atoms with E-state index in [4.69, 9.17) is 0 Å². The highest BCUT2D eigenvalue weighted by atomic mass is 32.2. The van der Waals surface area contributed by atoms with Crippen LogP contribution >= 0.6 is 0 Å². The molecule has 4 nitrogen and oxygen atoms in total. The van der Waals surface area contributed by atoms with Gasteiger partial charge in [-0.15, -0.1) is 0 Å². The van der Waals surface area contributed by atoms with Gasteiger partial charge in [0.15, 0.2) is 9.84 Å². The van der Waals surface area contributed by atoms with Gasteiger partial charge in [-0.3, -0.25) is 0 Å². The number of para-hydroxylation sites is 1. The zero-order valence-electron chi connectivity index (χ0n) is 12.7. The van der Waals surface area contributed by atoms with Crippen molar-refractivity contribution in [2.24, 2.45) is 5.92 Å². The van der Waals surface area contributed by atoms with E-state index >= 15 is 0 Å². The highest BCUT2D eigenvalue weighted by Gasteiger charge is 2.23. The summed E-state index contributed by atoms with van der Waals surface area (Å²) in [6.07, 6.45) is 0.655. The van der Waals surface area contributed by atoms with Gasteiger partial charge in [-0.25, -0.2) is 8.42 Å². The van der Waals surface area contributed by atoms with Crippen molar-refractivity contribution in [2.45, 2.75) is 44.6 Å². The number of nitrogens with one attached hydrogen (secondary N) is 1. The first kappa shape index (κ1) is 17.0. The molecular weight excluding hydrogens is 274 g/mol. The van der Waals surface area contributed by atoms with Crippen LogP contribution in [0.2, 0.25) is 0 Å². The van der Waals surface area contributed by atoms with Gasteiger partial charge in [0.25, 0.3) is 0 Å². The molecule has 1 atom stereocenters. The summed E-state index contributed by atoms with van der Waals surface area (Å²) >= 11 is 0. The van der Waals surface area contributed by atoms with Crippen molar-refractivity contribution < 1.29 is 13.5 Å². The van der Waals surface area contributed by atoms with E-state index in [1.165, 1.54) is 0 Å². The second-order valence-corrected chi connectivity index (χ2v) is 8.09. The van der Waals surface area contributed by atoms with Gasteiger partial charge in [0, 0.05) is 6.54 Å². The lowest BCUT2D eigenvalue weighted by atomic mass is 9.94. The molecule has 1 aromatic rings. The lowest BCUT2D eigenvalue weighted by Crippen LogP contribution is -2.35. The summed E-state index contributed by atoms with van der Waals surface area (Å²) in [5, 5.41) is 13.4. The molecule has 1 unspecified atom stereocenters. The molecular formula is C15H25NO3S. The standard InChI is InChI=1S/C15H25NO3S/c1-5-20(18,19)14-9-7-6-8-13(14)16-11-15(4,17)10-12(2)3/h6-9,12,16-17H,5,10-11H2,1-4H3. The van der Waals surface area contributed by atoms with Gasteiger partial charge >= 0.3 is 0 Å². The molecule has 0 saturated carbocycles. The third-order valence-electron chi connectivity index (χ3n) is 3.11. The van der Waals surface area contributed by atoms with Crippen molar-refractivity contribution in [1.82, 2.24) is 0 Å². The maximum atomic E-state index is 12.0. The zero-order valence-corrected chi connectivity index (χ0v) is 13.5. The number of hydrogen-bond donors (Lipinski definition) is 2. The first-order valence-corrected chi connectivity index (χ1v) is 8.61. The van der Waals surface area contributed by atoms with E-state index in [1.807, 2.05) is 13.8 Å². The van der Waals surface area contributed by atoms with Crippen molar-refractivity contribution in [1.29, 1.82) is 0 Å². The summed E-state index contributed by atoms with van der Waals surface area (Å²) < 4.78 is 24.0. The largest absolute Gasteiger partial charge is 0.388 e. The molecule has 0 aromatic heterocycles. The molecule has 0 bridgehead atoms. The number of aliphatic hydroxyl groups is 1. The number of hydrogen-bond acceptors (Lipinski definition) is 4. The SMILES string of the molecule is CCS(=O)(=O)c1ccccc1NCC(C)(O)CC(C)C. The Morgan fingerprint density at radius 3 is 2.45 bits per heavy atom. The van der Waals surface area contributed by atoms with Crippen molar-refractivity contribution in [3.05, 3.63) is 24.3 Å². The summed E-state index contributed by atoms with van der Waals surface area (Å²) in [7, 11) is -3.26. The minimum Gasteiger partial charge on any atom is -0.388 e. The van der Waals surface area contributed by atoms with Crippen LogP contribution in [0, 0.1) is 5.92 Å². The second kappa shape index (κ2) is 6.59. The van der Waals surface area contributed by atoms with Crippen LogP contribution in [-0.2, 0) is 9.84 Å². The average Bonchev–Trinajstić information content (AvgIpc) is 2.35. The average molecular weight is 299 g/mol. The molecule has 1 rings (SSSR count). The van der Waals surface area contributed by atoms with Crippen molar-refractivity contribution in [3.8, 4) is 0 Å². The highest BCUT2D eigenvalue weighted by molar-refractivity contribution is 7.91. The van der Waals surface area contributed by atoms with Gasteiger partial charge in [0.1, 0.15) is 0 Å². The van der Waals surface area contributed by atoms with E-state index in [2.05, 4.69) is 5.32 Å². The molecule has 0 spiro atoms. The molecule has 0 heterocycles. The summed E-state index contributed by atoms with van der Waals surface area (Å²) in [6.45, 7) is 7.80. The Hall–Kier alpha value is -1.07. The van der Waals surface area contributed by atoms with Crippen molar-refractivity contribution >= 4 is 15.5 Å². The van der Waals surface area contributed by atoms with E-state index in [1.54, 1.807) is 38.1 Å². The number of benzene rings is 1. The van der Waals surface area contributed by atoms with Crippen LogP contribution in [0.1, 0.15) is 34.1 Å². The lowest BCUT2D eigenvalue weighted by Gasteiger charge is -2.26. The fourth-order valence-corrected chi connectivity index (χ4v) is 3.35. The van der Waals surface area contributed by atoms with E-state index in [9.17, 15) is 13.5 Å². The van der Waals surface area contributed by atoms with Crippen LogP contribution in [-0.4, -0.2) is 31.4 Å². The zero-order chi connectivity index (χ0) is 15.4. The van der Waals surface area contributed by atoms with Gasteiger partial charge in [-0.2, -0.15) is 0 Å². The first-order valence-electron chi connectivity index (χ1n) is 6.96. The molecule has 5 heteroatoms. The molecule has 0 aliphatic rings. The predicted octanol–water partition coefficient (Wildman–Crippen LogP) is 2.69. The number of sulfone groups is 1. The second-order valence-electron chi connectivity index (χ2n) is 5.85. The van der Waals surface area contributed by atoms with Crippen LogP contribution in [0.3, 0.4) is 0 Å². The highest BCUT2D eigenvalue weighted by Crippen LogP contribution is 2.24. The van der Waals surface area contributed by atoms with E-state index in [0.717, 1.165) is 0 Å². The molecule has 0 aliphatic carbocycles. The Morgan fingerprint density at radius 2 is 1.90 bits per heavy atom. The Balaban J connectivity index is 2.89. The van der Waals surface area contributed by atoms with Crippen LogP contribution in [0.5, 0.6) is 0 Å². The third-order valence-corrected chi connectivity index (χ3v) is 4.90. The molecule has 2 N–H and O–H groups in total. The van der Waals surface area contributed by atoms with Gasteiger partial charge in [-0.1, -0.05) is 32.9 Å². The van der Waals surface area contributed by atoms with Crippen molar-refractivity contribution in [2.75, 3.05) is 17.6 Å². The monoisotopic (exact) mass is 299 g/mol. The van der Waals surface area contributed by atoms with Gasteiger partial charge in [0.2, 0.25) is 0 Å². The smallest absolute Gasteiger partial charge is 0.180 e. The Bertz CT molecular complexity index is 536. The van der Waals surface area contributed by atoms with Crippen molar-refractivity contribution in [3.63, 3.8) is 0 Å². The Kier molecular flexibility index (Phi) is 5.59. The molecule has 0 aliphatic heterocycles. The fourth-order valence-electron chi connectivity index (χ4n) is 2.28. The van der Waals surface area contributed by atoms with Crippen LogP contribution < -0.4 is 5.32 Å². The summed E-state index contributed by atoms with van der Waals surface area (Å²) in [5.74, 6) is 0.440. The molecule has 0 fully saturated rings. The minimum atomic E-state index is -3.26. The summed E-state index contributed by atoms with van der Waals surface area (Å²) in [4.78, 5) is 0.294. The summed E-state index contributed by atoms with van der Waals surface area (Å²) in [5.41, 5.74) is -0.310. The van der Waals surface area contributed by atoms with Crippen LogP contribution in [0.4, 0.5) is 5.69 Å². The van der Waals surface area contributed by atoms with Crippen LogP contribution in [0.25, 0.3) is 0 Å². The Labute approximate surface area is 122 Å². The molecule has 0 saturated heterocycles. The maximum absolute atomic E-state index is 12.0. The van der Waals surface area contributed by atoms with E-state index in [0.29, 0.717) is 29.5 Å². The lowest BCUT2D eigenvalue weighted by molar-refractivity contribution is 0.0515. The normalized spacial score (nSPS) is 15.1.